The van der Waals surface area contributed by atoms with E-state index in [9.17, 15) is 0 Å². The van der Waals surface area contributed by atoms with Crippen LogP contribution in [0.2, 0.25) is 0 Å². The van der Waals surface area contributed by atoms with Gasteiger partial charge in [-0.1, -0.05) is 6.07 Å². The van der Waals surface area contributed by atoms with Crippen molar-refractivity contribution in [2.24, 2.45) is 0 Å². The van der Waals surface area contributed by atoms with Crippen molar-refractivity contribution in [1.29, 1.82) is 0 Å². The number of nitrogens with zero attached hydrogens (tertiary/aromatic N) is 3. The molecular weight excluding hydrogens is 274 g/mol. The van der Waals surface area contributed by atoms with E-state index in [4.69, 9.17) is 4.98 Å². The Morgan fingerprint density at radius 1 is 1.23 bits per heavy atom. The predicted molar refractivity (Wildman–Crippen MR) is 89.0 cm³/mol. The van der Waals surface area contributed by atoms with E-state index < -0.39 is 0 Å². The van der Waals surface area contributed by atoms with Crippen LogP contribution in [0.4, 0.5) is 0 Å². The fourth-order valence-corrected chi connectivity index (χ4v) is 3.70. The smallest absolute Gasteiger partial charge is 0.121 e. The van der Waals surface area contributed by atoms with Crippen molar-refractivity contribution >= 4 is 11.0 Å². The summed E-state index contributed by atoms with van der Waals surface area (Å²) in [4.78, 5) is 13.4. The van der Waals surface area contributed by atoms with Crippen molar-refractivity contribution in [2.45, 2.75) is 25.9 Å². The van der Waals surface area contributed by atoms with Crippen molar-refractivity contribution in [3.63, 3.8) is 0 Å². The zero-order chi connectivity index (χ0) is 14.9. The highest BCUT2D eigenvalue weighted by atomic mass is 15.3. The minimum Gasteiger partial charge on any atom is -0.341 e. The Balaban J connectivity index is 1.37. The van der Waals surface area contributed by atoms with Gasteiger partial charge in [-0.05, 0) is 37.6 Å². The second-order valence-electron chi connectivity index (χ2n) is 6.66. The summed E-state index contributed by atoms with van der Waals surface area (Å²) in [5, 5.41) is 3.47. The first-order valence-electron chi connectivity index (χ1n) is 8.40. The van der Waals surface area contributed by atoms with Gasteiger partial charge in [-0.3, -0.25) is 9.80 Å². The first-order valence-corrected chi connectivity index (χ1v) is 8.40. The van der Waals surface area contributed by atoms with Gasteiger partial charge in [-0.25, -0.2) is 4.98 Å². The van der Waals surface area contributed by atoms with Gasteiger partial charge in [0.15, 0.2) is 0 Å². The molecular formula is C17H25N5. The van der Waals surface area contributed by atoms with E-state index in [1.807, 2.05) is 0 Å². The Hall–Kier alpha value is -1.43. The van der Waals surface area contributed by atoms with Crippen molar-refractivity contribution in [2.75, 3.05) is 39.3 Å². The monoisotopic (exact) mass is 299 g/mol. The molecule has 2 aliphatic heterocycles. The van der Waals surface area contributed by atoms with E-state index in [2.05, 4.69) is 45.2 Å². The van der Waals surface area contributed by atoms with Gasteiger partial charge in [0.25, 0.3) is 0 Å². The molecule has 22 heavy (non-hydrogen) atoms. The second-order valence-corrected chi connectivity index (χ2v) is 6.66. The number of piperazine rings is 1. The van der Waals surface area contributed by atoms with Crippen LogP contribution >= 0.6 is 0 Å². The summed E-state index contributed by atoms with van der Waals surface area (Å²) in [5.41, 5.74) is 3.52. The number of hydrogen-bond acceptors (Lipinski definition) is 4. The van der Waals surface area contributed by atoms with Crippen LogP contribution < -0.4 is 5.32 Å². The molecule has 2 aliphatic rings. The van der Waals surface area contributed by atoms with Gasteiger partial charge >= 0.3 is 0 Å². The summed E-state index contributed by atoms with van der Waals surface area (Å²) in [7, 11) is 0. The Bertz CT molecular complexity index is 636. The molecule has 118 valence electrons. The zero-order valence-electron chi connectivity index (χ0n) is 13.3. The molecule has 0 saturated carbocycles. The van der Waals surface area contributed by atoms with E-state index in [0.717, 1.165) is 42.5 Å². The van der Waals surface area contributed by atoms with Gasteiger partial charge in [0.1, 0.15) is 5.82 Å². The second kappa shape index (κ2) is 5.99. The average Bonchev–Trinajstić information content (AvgIpc) is 3.16. The lowest BCUT2D eigenvalue weighted by atomic mass is 10.2. The average molecular weight is 299 g/mol. The summed E-state index contributed by atoms with van der Waals surface area (Å²) in [5.74, 6) is 1.09. The first kappa shape index (κ1) is 14.2. The summed E-state index contributed by atoms with van der Waals surface area (Å²) >= 11 is 0. The molecule has 1 aromatic heterocycles. The quantitative estimate of drug-likeness (QED) is 0.898. The van der Waals surface area contributed by atoms with Gasteiger partial charge < -0.3 is 10.3 Å². The lowest BCUT2D eigenvalue weighted by Gasteiger charge is -2.37. The topological polar surface area (TPSA) is 47.2 Å². The first-order chi connectivity index (χ1) is 10.8. The van der Waals surface area contributed by atoms with E-state index in [1.54, 1.807) is 0 Å². The van der Waals surface area contributed by atoms with Crippen LogP contribution in [0.25, 0.3) is 11.0 Å². The number of imidazole rings is 1. The minimum absolute atomic E-state index is 0.760. The summed E-state index contributed by atoms with van der Waals surface area (Å²) < 4.78 is 0. The number of fused-ring (bicyclic) bond motifs is 1. The molecule has 0 aliphatic carbocycles. The molecule has 0 amide bonds. The molecule has 0 spiro atoms. The van der Waals surface area contributed by atoms with Crippen LogP contribution in [-0.2, 0) is 6.54 Å². The number of rotatable bonds is 3. The zero-order valence-corrected chi connectivity index (χ0v) is 13.3. The lowest BCUT2D eigenvalue weighted by molar-refractivity contribution is 0.0967. The number of aromatic nitrogens is 2. The number of hydrogen-bond donors (Lipinski definition) is 2. The molecule has 2 fully saturated rings. The predicted octanol–water partition coefficient (Wildman–Crippen LogP) is 1.35. The van der Waals surface area contributed by atoms with Crippen LogP contribution in [0, 0.1) is 6.92 Å². The number of H-pyrrole nitrogens is 1. The Morgan fingerprint density at radius 2 is 2.09 bits per heavy atom. The fourth-order valence-electron chi connectivity index (χ4n) is 3.70. The Morgan fingerprint density at radius 3 is 2.86 bits per heavy atom. The molecule has 2 N–H and O–H groups in total. The number of nitrogens with one attached hydrogen (secondary N) is 2. The van der Waals surface area contributed by atoms with Crippen LogP contribution in [0.5, 0.6) is 0 Å². The van der Waals surface area contributed by atoms with Crippen LogP contribution in [0.15, 0.2) is 18.2 Å². The maximum atomic E-state index is 4.72. The molecule has 4 rings (SSSR count). The highest BCUT2D eigenvalue weighted by molar-refractivity contribution is 5.75. The standard InChI is InChI=1S/C17H25N5/c1-13-2-3-15-16(10-13)20-17(19-15)12-21-6-8-22(9-7-21)14-4-5-18-11-14/h2-3,10,14,18H,4-9,11-12H2,1H3,(H,19,20)/t14-/m0/s1. The highest BCUT2D eigenvalue weighted by Crippen LogP contribution is 2.16. The molecule has 0 radical (unpaired) electrons. The molecule has 5 heteroatoms. The van der Waals surface area contributed by atoms with E-state index in [0.29, 0.717) is 0 Å². The molecule has 1 aromatic carbocycles. The van der Waals surface area contributed by atoms with Crippen LogP contribution in [0.1, 0.15) is 17.8 Å². The molecule has 2 saturated heterocycles. The van der Waals surface area contributed by atoms with Gasteiger partial charge in [0.2, 0.25) is 0 Å². The van der Waals surface area contributed by atoms with Crippen molar-refractivity contribution < 1.29 is 0 Å². The maximum Gasteiger partial charge on any atom is 0.121 e. The molecule has 0 bridgehead atoms. The SMILES string of the molecule is Cc1ccc2nc(CN3CCN([C@H]4CCNC4)CC3)[nH]c2c1. The van der Waals surface area contributed by atoms with Gasteiger partial charge in [0, 0.05) is 38.8 Å². The summed E-state index contributed by atoms with van der Waals surface area (Å²) in [6, 6.07) is 7.17. The lowest BCUT2D eigenvalue weighted by Crippen LogP contribution is -2.50. The third kappa shape index (κ3) is 2.89. The minimum atomic E-state index is 0.760. The van der Waals surface area contributed by atoms with Gasteiger partial charge in [-0.2, -0.15) is 0 Å². The largest absolute Gasteiger partial charge is 0.341 e. The van der Waals surface area contributed by atoms with E-state index in [1.165, 1.54) is 38.2 Å². The Kier molecular flexibility index (Phi) is 3.86. The molecule has 3 heterocycles. The number of benzene rings is 1. The van der Waals surface area contributed by atoms with Crippen molar-refractivity contribution in [3.05, 3.63) is 29.6 Å². The van der Waals surface area contributed by atoms with Crippen molar-refractivity contribution in [3.8, 4) is 0 Å². The fraction of sp³-hybridized carbons (Fsp3) is 0.588. The summed E-state index contributed by atoms with van der Waals surface area (Å²) in [6.45, 7) is 10.1. The Labute approximate surface area is 131 Å². The highest BCUT2D eigenvalue weighted by Gasteiger charge is 2.26. The van der Waals surface area contributed by atoms with Gasteiger partial charge in [0.05, 0.1) is 17.6 Å². The number of aryl methyl sites for hydroxylation is 1. The molecule has 2 aromatic rings. The van der Waals surface area contributed by atoms with Crippen molar-refractivity contribution in [1.82, 2.24) is 25.1 Å². The maximum absolute atomic E-state index is 4.72. The summed E-state index contributed by atoms with van der Waals surface area (Å²) in [6.07, 6.45) is 1.31. The van der Waals surface area contributed by atoms with E-state index >= 15 is 0 Å². The third-order valence-electron chi connectivity index (χ3n) is 5.02. The van der Waals surface area contributed by atoms with Crippen LogP contribution in [-0.4, -0.2) is 65.1 Å². The van der Waals surface area contributed by atoms with E-state index in [-0.39, 0.29) is 0 Å². The molecule has 1 atom stereocenters. The molecule has 0 unspecified atom stereocenters. The third-order valence-corrected chi connectivity index (χ3v) is 5.02. The number of aromatic amines is 1. The normalized spacial score (nSPS) is 24.3. The van der Waals surface area contributed by atoms with Crippen LogP contribution in [0.3, 0.4) is 0 Å². The molecule has 5 nitrogen and oxygen atoms in total. The van der Waals surface area contributed by atoms with Gasteiger partial charge in [-0.15, -0.1) is 0 Å².